The fourth-order valence-corrected chi connectivity index (χ4v) is 5.65. The number of carbonyl (C=O) groups excluding carboxylic acids is 1. The first-order chi connectivity index (χ1) is 15.9. The highest BCUT2D eigenvalue weighted by Gasteiger charge is 2.28. The Morgan fingerprint density at radius 1 is 1.00 bits per heavy atom. The molecule has 0 heterocycles. The van der Waals surface area contributed by atoms with Crippen LogP contribution in [0.4, 0.5) is 10.1 Å². The number of nitrogens with zero attached hydrogens (tertiary/aromatic N) is 1. The SMILES string of the molecule is O=C(CN(c1ccccc1F)S(=O)(=O)c1ccccc1)NCCCSCc1cccc(Cl)c1. The summed E-state index contributed by atoms with van der Waals surface area (Å²) in [7, 11) is -4.13. The van der Waals surface area contributed by atoms with Gasteiger partial charge in [-0.2, -0.15) is 11.8 Å². The zero-order valence-corrected chi connectivity index (χ0v) is 20.2. The Morgan fingerprint density at radius 2 is 1.73 bits per heavy atom. The van der Waals surface area contributed by atoms with Gasteiger partial charge in [0.25, 0.3) is 10.0 Å². The van der Waals surface area contributed by atoms with E-state index in [2.05, 4.69) is 5.32 Å². The van der Waals surface area contributed by atoms with E-state index in [0.29, 0.717) is 18.0 Å². The Bertz CT molecular complexity index is 1180. The molecule has 33 heavy (non-hydrogen) atoms. The van der Waals surface area contributed by atoms with Crippen molar-refractivity contribution in [3.63, 3.8) is 0 Å². The number of sulfonamides is 1. The third kappa shape index (κ3) is 7.22. The van der Waals surface area contributed by atoms with Crippen molar-refractivity contribution in [2.75, 3.05) is 23.1 Å². The monoisotopic (exact) mass is 506 g/mol. The molecular weight excluding hydrogens is 483 g/mol. The number of benzene rings is 3. The molecule has 174 valence electrons. The Balaban J connectivity index is 1.57. The highest BCUT2D eigenvalue weighted by atomic mass is 35.5. The summed E-state index contributed by atoms with van der Waals surface area (Å²) in [5.41, 5.74) is 0.955. The number of halogens is 2. The van der Waals surface area contributed by atoms with Gasteiger partial charge in [-0.25, -0.2) is 12.8 Å². The van der Waals surface area contributed by atoms with Crippen LogP contribution in [0.5, 0.6) is 0 Å². The van der Waals surface area contributed by atoms with E-state index in [0.717, 1.165) is 27.4 Å². The lowest BCUT2D eigenvalue weighted by Crippen LogP contribution is -2.41. The molecule has 9 heteroatoms. The van der Waals surface area contributed by atoms with Gasteiger partial charge >= 0.3 is 0 Å². The van der Waals surface area contributed by atoms with Gasteiger partial charge in [0.2, 0.25) is 5.91 Å². The number of rotatable bonds is 11. The lowest BCUT2D eigenvalue weighted by atomic mass is 10.2. The van der Waals surface area contributed by atoms with Crippen LogP contribution in [0.1, 0.15) is 12.0 Å². The molecule has 0 fully saturated rings. The highest BCUT2D eigenvalue weighted by molar-refractivity contribution is 7.98. The number of carbonyl (C=O) groups is 1. The third-order valence-electron chi connectivity index (χ3n) is 4.68. The Kier molecular flexibility index (Phi) is 9.17. The number of para-hydroxylation sites is 1. The summed E-state index contributed by atoms with van der Waals surface area (Å²) in [6, 6.07) is 20.8. The van der Waals surface area contributed by atoms with Crippen LogP contribution in [0, 0.1) is 5.82 Å². The minimum Gasteiger partial charge on any atom is -0.354 e. The van der Waals surface area contributed by atoms with Crippen molar-refractivity contribution in [2.45, 2.75) is 17.1 Å². The van der Waals surface area contributed by atoms with Crippen molar-refractivity contribution in [3.05, 3.63) is 95.3 Å². The molecule has 3 rings (SSSR count). The van der Waals surface area contributed by atoms with Gasteiger partial charge < -0.3 is 5.32 Å². The van der Waals surface area contributed by atoms with Crippen molar-refractivity contribution < 1.29 is 17.6 Å². The maximum Gasteiger partial charge on any atom is 0.264 e. The molecule has 0 aliphatic heterocycles. The second-order valence-corrected chi connectivity index (χ2v) is 10.6. The molecule has 0 aliphatic carbocycles. The maximum atomic E-state index is 14.4. The van der Waals surface area contributed by atoms with Crippen LogP contribution < -0.4 is 9.62 Å². The highest BCUT2D eigenvalue weighted by Crippen LogP contribution is 2.26. The summed E-state index contributed by atoms with van der Waals surface area (Å²) < 4.78 is 41.6. The molecule has 5 nitrogen and oxygen atoms in total. The molecular formula is C24H24ClFN2O3S2. The van der Waals surface area contributed by atoms with Crippen LogP contribution in [0.2, 0.25) is 5.02 Å². The van der Waals surface area contributed by atoms with Crippen LogP contribution in [0.3, 0.4) is 0 Å². The zero-order valence-electron chi connectivity index (χ0n) is 17.8. The fourth-order valence-electron chi connectivity index (χ4n) is 3.08. The number of nitrogens with one attached hydrogen (secondary N) is 1. The van der Waals surface area contributed by atoms with E-state index in [1.807, 2.05) is 24.3 Å². The number of anilines is 1. The molecule has 0 aromatic heterocycles. The number of amides is 1. The van der Waals surface area contributed by atoms with Gasteiger partial charge in [0, 0.05) is 17.3 Å². The number of hydrogen-bond acceptors (Lipinski definition) is 4. The van der Waals surface area contributed by atoms with E-state index in [1.54, 1.807) is 30.0 Å². The molecule has 0 radical (unpaired) electrons. The third-order valence-corrected chi connectivity index (χ3v) is 7.81. The fraction of sp³-hybridized carbons (Fsp3) is 0.208. The van der Waals surface area contributed by atoms with E-state index in [4.69, 9.17) is 11.6 Å². The van der Waals surface area contributed by atoms with Gasteiger partial charge in [-0.15, -0.1) is 0 Å². The molecule has 1 N–H and O–H groups in total. The molecule has 3 aromatic rings. The number of hydrogen-bond donors (Lipinski definition) is 1. The Hall–Kier alpha value is -2.55. The van der Waals surface area contributed by atoms with E-state index >= 15 is 0 Å². The summed E-state index contributed by atoms with van der Waals surface area (Å²) in [5, 5.41) is 3.43. The summed E-state index contributed by atoms with van der Waals surface area (Å²) >= 11 is 7.70. The summed E-state index contributed by atoms with van der Waals surface area (Å²) in [4.78, 5) is 12.5. The van der Waals surface area contributed by atoms with E-state index in [-0.39, 0.29) is 10.6 Å². The van der Waals surface area contributed by atoms with Crippen molar-refractivity contribution in [1.82, 2.24) is 5.32 Å². The standard InChI is InChI=1S/C24H24ClFN2O3S2/c25-20-9-6-8-19(16-20)18-32-15-7-14-27-24(29)17-28(23-13-5-4-12-22(23)26)33(30,31)21-10-2-1-3-11-21/h1-6,8-13,16H,7,14-15,17-18H2,(H,27,29). The van der Waals surface area contributed by atoms with Crippen LogP contribution >= 0.6 is 23.4 Å². The molecule has 3 aromatic carbocycles. The first-order valence-electron chi connectivity index (χ1n) is 10.3. The van der Waals surface area contributed by atoms with Crippen molar-refractivity contribution in [2.24, 2.45) is 0 Å². The first-order valence-corrected chi connectivity index (χ1v) is 13.3. The van der Waals surface area contributed by atoms with Crippen LogP contribution in [-0.2, 0) is 20.6 Å². The minimum atomic E-state index is -4.13. The van der Waals surface area contributed by atoms with Gasteiger partial charge in [0.1, 0.15) is 12.4 Å². The summed E-state index contributed by atoms with van der Waals surface area (Å²) in [5.74, 6) is 0.400. The predicted octanol–water partition coefficient (Wildman–Crippen LogP) is 5.11. The molecule has 0 bridgehead atoms. The van der Waals surface area contributed by atoms with Gasteiger partial charge in [-0.1, -0.05) is 54.1 Å². The van der Waals surface area contributed by atoms with Gasteiger partial charge in [0.05, 0.1) is 10.6 Å². The molecule has 0 aliphatic rings. The lowest BCUT2D eigenvalue weighted by molar-refractivity contribution is -0.119. The maximum absolute atomic E-state index is 14.4. The molecule has 0 spiro atoms. The van der Waals surface area contributed by atoms with Crippen LogP contribution in [0.25, 0.3) is 0 Å². The average Bonchev–Trinajstić information content (AvgIpc) is 2.81. The Morgan fingerprint density at radius 3 is 2.45 bits per heavy atom. The second kappa shape index (κ2) is 12.1. The second-order valence-electron chi connectivity index (χ2n) is 7.16. The zero-order chi connectivity index (χ0) is 23.7. The molecule has 0 unspecified atom stereocenters. The predicted molar refractivity (Wildman–Crippen MR) is 133 cm³/mol. The average molecular weight is 507 g/mol. The largest absolute Gasteiger partial charge is 0.354 e. The van der Waals surface area contributed by atoms with Gasteiger partial charge in [-0.3, -0.25) is 9.10 Å². The molecule has 0 saturated carbocycles. The topological polar surface area (TPSA) is 66.5 Å². The van der Waals surface area contributed by atoms with Gasteiger partial charge in [-0.05, 0) is 54.1 Å². The summed E-state index contributed by atoms with van der Waals surface area (Å²) in [6.45, 7) is -0.133. The Labute approximate surface area is 203 Å². The summed E-state index contributed by atoms with van der Waals surface area (Å²) in [6.07, 6.45) is 0.710. The number of thioether (sulfide) groups is 1. The van der Waals surface area contributed by atoms with Gasteiger partial charge in [0.15, 0.2) is 0 Å². The lowest BCUT2D eigenvalue weighted by Gasteiger charge is -2.24. The van der Waals surface area contributed by atoms with Crippen LogP contribution in [-0.4, -0.2) is 33.2 Å². The van der Waals surface area contributed by atoms with E-state index in [1.165, 1.54) is 30.3 Å². The first kappa shape index (κ1) is 25.1. The minimum absolute atomic E-state index is 0.0153. The van der Waals surface area contributed by atoms with Crippen molar-refractivity contribution in [1.29, 1.82) is 0 Å². The molecule has 0 atom stereocenters. The normalized spacial score (nSPS) is 11.2. The van der Waals surface area contributed by atoms with E-state index < -0.39 is 28.3 Å². The van der Waals surface area contributed by atoms with Crippen molar-refractivity contribution in [3.8, 4) is 0 Å². The van der Waals surface area contributed by atoms with E-state index in [9.17, 15) is 17.6 Å². The van der Waals surface area contributed by atoms with Crippen molar-refractivity contribution >= 4 is 45.0 Å². The smallest absolute Gasteiger partial charge is 0.264 e. The van der Waals surface area contributed by atoms with Crippen LogP contribution in [0.15, 0.2) is 83.8 Å². The molecule has 0 saturated heterocycles. The quantitative estimate of drug-likeness (QED) is 0.367. The molecule has 1 amide bonds.